The van der Waals surface area contributed by atoms with E-state index in [0.717, 1.165) is 44.6 Å². The van der Waals surface area contributed by atoms with Crippen molar-refractivity contribution in [1.29, 1.82) is 0 Å². The average Bonchev–Trinajstić information content (AvgIpc) is 3.53. The molecule has 4 aliphatic rings. The van der Waals surface area contributed by atoms with Crippen molar-refractivity contribution in [2.24, 2.45) is 23.7 Å². The maximum Gasteiger partial charge on any atom is 0.303 e. The van der Waals surface area contributed by atoms with E-state index in [9.17, 15) is 9.90 Å². The van der Waals surface area contributed by atoms with Crippen molar-refractivity contribution in [3.05, 3.63) is 12.2 Å². The summed E-state index contributed by atoms with van der Waals surface area (Å²) in [5.74, 6) is 1.03. The molecular formula is C28H45IO6. The number of rotatable bonds is 12. The van der Waals surface area contributed by atoms with Crippen molar-refractivity contribution in [3.63, 3.8) is 0 Å². The lowest BCUT2D eigenvalue weighted by Gasteiger charge is -2.30. The number of aliphatic carboxylic acids is 1. The van der Waals surface area contributed by atoms with E-state index in [1.807, 2.05) is 0 Å². The molecule has 0 spiro atoms. The molecule has 4 rings (SSSR count). The monoisotopic (exact) mass is 604 g/mol. The maximum atomic E-state index is 10.9. The van der Waals surface area contributed by atoms with Crippen molar-refractivity contribution in [2.75, 3.05) is 6.61 Å². The fourth-order valence-corrected chi connectivity index (χ4v) is 7.79. The van der Waals surface area contributed by atoms with Crippen LogP contribution in [0.25, 0.3) is 0 Å². The molecule has 4 fully saturated rings. The summed E-state index contributed by atoms with van der Waals surface area (Å²) in [6.45, 7) is 3.07. The highest BCUT2D eigenvalue weighted by atomic mass is 127. The molecule has 200 valence electrons. The predicted molar refractivity (Wildman–Crippen MR) is 144 cm³/mol. The van der Waals surface area contributed by atoms with Gasteiger partial charge in [0, 0.05) is 29.3 Å². The number of carboxylic acids is 1. The Kier molecular flexibility index (Phi) is 10.8. The molecule has 2 saturated carbocycles. The number of aliphatic hydroxyl groups excluding tert-OH is 1. The zero-order valence-electron chi connectivity index (χ0n) is 21.2. The van der Waals surface area contributed by atoms with Crippen LogP contribution < -0.4 is 0 Å². The third-order valence-electron chi connectivity index (χ3n) is 8.73. The minimum absolute atomic E-state index is 0.0534. The third kappa shape index (κ3) is 7.65. The summed E-state index contributed by atoms with van der Waals surface area (Å²) in [4.78, 5) is 10.9. The van der Waals surface area contributed by atoms with Gasteiger partial charge in [0.15, 0.2) is 6.29 Å². The maximum absolute atomic E-state index is 10.9. The number of halogens is 1. The number of hydrogen-bond donors (Lipinski definition) is 2. The molecule has 0 bridgehead atoms. The Hall–Kier alpha value is -0.220. The van der Waals surface area contributed by atoms with Gasteiger partial charge in [-0.2, -0.15) is 0 Å². The van der Waals surface area contributed by atoms with E-state index >= 15 is 0 Å². The number of alkyl halides is 1. The molecule has 2 aliphatic carbocycles. The Labute approximate surface area is 224 Å². The van der Waals surface area contributed by atoms with Crippen LogP contribution in [0, 0.1) is 23.7 Å². The van der Waals surface area contributed by atoms with Crippen molar-refractivity contribution in [3.8, 4) is 0 Å². The first-order chi connectivity index (χ1) is 16.9. The van der Waals surface area contributed by atoms with E-state index in [2.05, 4.69) is 41.7 Å². The van der Waals surface area contributed by atoms with Crippen molar-refractivity contribution >= 4 is 28.6 Å². The highest BCUT2D eigenvalue weighted by Gasteiger charge is 2.49. The molecule has 7 heteroatoms. The van der Waals surface area contributed by atoms with E-state index < -0.39 is 5.97 Å². The largest absolute Gasteiger partial charge is 0.481 e. The topological polar surface area (TPSA) is 85.2 Å². The molecular weight excluding hydrogens is 559 g/mol. The minimum Gasteiger partial charge on any atom is -0.481 e. The first-order valence-corrected chi connectivity index (χ1v) is 15.3. The Balaban J connectivity index is 1.37. The fourth-order valence-electron chi connectivity index (χ4n) is 6.88. The van der Waals surface area contributed by atoms with Crippen LogP contribution in [0.5, 0.6) is 0 Å². The second kappa shape index (κ2) is 13.5. The minimum atomic E-state index is -0.732. The van der Waals surface area contributed by atoms with Crippen LogP contribution in [-0.4, -0.2) is 57.4 Å². The Morgan fingerprint density at radius 2 is 2.06 bits per heavy atom. The first kappa shape index (κ1) is 27.8. The number of carboxylic acid groups (broad SMARTS) is 1. The van der Waals surface area contributed by atoms with Gasteiger partial charge in [-0.3, -0.25) is 4.79 Å². The Morgan fingerprint density at radius 3 is 2.80 bits per heavy atom. The molecule has 0 amide bonds. The van der Waals surface area contributed by atoms with Gasteiger partial charge < -0.3 is 24.4 Å². The number of ether oxygens (including phenoxy) is 3. The summed E-state index contributed by atoms with van der Waals surface area (Å²) < 4.78 is 19.2. The average molecular weight is 605 g/mol. The summed E-state index contributed by atoms with van der Waals surface area (Å²) in [5, 5.41) is 19.8. The van der Waals surface area contributed by atoms with E-state index in [1.54, 1.807) is 0 Å². The molecule has 2 aliphatic heterocycles. The Bertz CT molecular complexity index is 695. The molecule has 0 aromatic rings. The summed E-state index contributed by atoms with van der Waals surface area (Å²) in [6, 6.07) is 0. The highest BCUT2D eigenvalue weighted by Crippen LogP contribution is 2.46. The SMILES string of the molecule is CCCC1CCC([C@@H](/C=C/[C@@H]2[C@H]3CC(C(I)CCCC(=O)O)O[C@@H]3C[C@H]2O)OC2CCCCO2)C1. The van der Waals surface area contributed by atoms with Crippen LogP contribution in [0.3, 0.4) is 0 Å². The van der Waals surface area contributed by atoms with Crippen molar-refractivity contribution in [1.82, 2.24) is 0 Å². The van der Waals surface area contributed by atoms with Crippen LogP contribution in [0.4, 0.5) is 0 Å². The molecule has 0 aromatic carbocycles. The highest BCUT2D eigenvalue weighted by molar-refractivity contribution is 14.1. The summed E-state index contributed by atoms with van der Waals surface area (Å²) >= 11 is 2.43. The van der Waals surface area contributed by atoms with Gasteiger partial charge in [0.2, 0.25) is 0 Å². The van der Waals surface area contributed by atoms with E-state index in [1.165, 1.54) is 32.1 Å². The third-order valence-corrected chi connectivity index (χ3v) is 10.2. The van der Waals surface area contributed by atoms with Crippen molar-refractivity contribution in [2.45, 2.75) is 125 Å². The number of fused-ring (bicyclic) bond motifs is 1. The first-order valence-electron chi connectivity index (χ1n) is 14.1. The van der Waals surface area contributed by atoms with E-state index in [4.69, 9.17) is 19.3 Å². The zero-order chi connectivity index (χ0) is 24.8. The van der Waals surface area contributed by atoms with Gasteiger partial charge >= 0.3 is 5.97 Å². The van der Waals surface area contributed by atoms with Gasteiger partial charge in [-0.25, -0.2) is 0 Å². The van der Waals surface area contributed by atoms with Gasteiger partial charge in [0.25, 0.3) is 0 Å². The number of carbonyl (C=O) groups is 1. The quantitative estimate of drug-likeness (QED) is 0.164. The second-order valence-corrected chi connectivity index (χ2v) is 12.9. The van der Waals surface area contributed by atoms with E-state index in [0.29, 0.717) is 28.6 Å². The molecule has 5 unspecified atom stereocenters. The lowest BCUT2D eigenvalue weighted by molar-refractivity contribution is -0.187. The zero-order valence-corrected chi connectivity index (χ0v) is 23.4. The van der Waals surface area contributed by atoms with Crippen LogP contribution in [0.1, 0.15) is 90.4 Å². The lowest BCUT2D eigenvalue weighted by Crippen LogP contribution is -2.31. The molecule has 35 heavy (non-hydrogen) atoms. The van der Waals surface area contributed by atoms with Gasteiger partial charge in [-0.1, -0.05) is 60.9 Å². The second-order valence-electron chi connectivity index (χ2n) is 11.3. The predicted octanol–water partition coefficient (Wildman–Crippen LogP) is 5.88. The summed E-state index contributed by atoms with van der Waals surface area (Å²) in [5.41, 5.74) is 0. The van der Waals surface area contributed by atoms with Crippen molar-refractivity contribution < 1.29 is 29.2 Å². The number of hydrogen-bond acceptors (Lipinski definition) is 5. The summed E-state index contributed by atoms with van der Waals surface area (Å²) in [7, 11) is 0. The smallest absolute Gasteiger partial charge is 0.303 e. The Morgan fingerprint density at radius 1 is 1.20 bits per heavy atom. The van der Waals surface area contributed by atoms with Crippen LogP contribution in [0.2, 0.25) is 0 Å². The normalized spacial score (nSPS) is 39.2. The fraction of sp³-hybridized carbons (Fsp3) is 0.893. The molecule has 6 nitrogen and oxygen atoms in total. The molecule has 2 saturated heterocycles. The van der Waals surface area contributed by atoms with Crippen LogP contribution in [0.15, 0.2) is 12.2 Å². The number of aliphatic hydroxyl groups is 1. The van der Waals surface area contributed by atoms with Gasteiger partial charge in [-0.15, -0.1) is 0 Å². The molecule has 0 aromatic heterocycles. The van der Waals surface area contributed by atoms with Gasteiger partial charge in [-0.05, 0) is 69.1 Å². The van der Waals surface area contributed by atoms with Crippen LogP contribution in [-0.2, 0) is 19.0 Å². The van der Waals surface area contributed by atoms with Gasteiger partial charge in [0.1, 0.15) is 0 Å². The van der Waals surface area contributed by atoms with Gasteiger partial charge in [0.05, 0.1) is 24.4 Å². The van der Waals surface area contributed by atoms with Crippen LogP contribution >= 0.6 is 22.6 Å². The molecule has 2 heterocycles. The molecule has 0 radical (unpaired) electrons. The molecule has 10 atom stereocenters. The molecule has 2 N–H and O–H groups in total. The summed E-state index contributed by atoms with van der Waals surface area (Å²) in [6.07, 6.45) is 17.3. The van der Waals surface area contributed by atoms with E-state index in [-0.39, 0.29) is 43.0 Å². The standard InChI is InChI=1S/C28H45IO6/c1-2-6-18-10-11-19(15-18)24(35-28-9-3-4-14-33-28)13-12-20-21-16-26(34-25(21)17-23(20)30)22(29)7-5-8-27(31)32/h12-13,18-26,28,30H,2-11,14-17H2,1H3,(H,31,32)/b13-12+/t18?,19?,20-,21-,22?,23-,24-,25-,26?,28?/m1/s1. The lowest BCUT2D eigenvalue weighted by atomic mass is 9.88.